The van der Waals surface area contributed by atoms with Crippen molar-refractivity contribution in [2.45, 2.75) is 18.9 Å². The lowest BCUT2D eigenvalue weighted by Gasteiger charge is -2.04. The second-order valence-electron chi connectivity index (χ2n) is 4.00. The van der Waals surface area contributed by atoms with E-state index in [-0.39, 0.29) is 5.75 Å². The van der Waals surface area contributed by atoms with Crippen LogP contribution < -0.4 is 5.73 Å². The number of carbonyl (C=O) groups is 1. The SMILES string of the molecule is NCCCC(N=C/C=C/c1ccccc1O)C(=O)O. The Morgan fingerprint density at radius 1 is 1.42 bits per heavy atom. The molecule has 1 rings (SSSR count). The van der Waals surface area contributed by atoms with E-state index in [0.717, 1.165) is 0 Å². The predicted molar refractivity (Wildman–Crippen MR) is 75.3 cm³/mol. The standard InChI is InChI=1S/C14H18N2O3/c15-9-3-7-12(14(18)19)16-10-4-6-11-5-1-2-8-13(11)17/h1-2,4-6,8,10,12,17H,3,7,9,15H2,(H,18,19)/b6-4+,16-10?. The summed E-state index contributed by atoms with van der Waals surface area (Å²) in [6.45, 7) is 0.451. The highest BCUT2D eigenvalue weighted by Crippen LogP contribution is 2.16. The Kier molecular flexibility index (Phi) is 6.32. The molecule has 1 aromatic carbocycles. The minimum absolute atomic E-state index is 0.171. The molecule has 1 unspecified atom stereocenters. The van der Waals surface area contributed by atoms with Gasteiger partial charge in [-0.3, -0.25) is 4.99 Å². The number of nitrogens with zero attached hydrogens (tertiary/aromatic N) is 1. The molecule has 0 saturated heterocycles. The summed E-state index contributed by atoms with van der Waals surface area (Å²) < 4.78 is 0. The molecule has 1 atom stereocenters. The van der Waals surface area contributed by atoms with Gasteiger partial charge in [0.1, 0.15) is 11.8 Å². The molecule has 0 aliphatic carbocycles. The molecule has 5 heteroatoms. The first-order valence-corrected chi connectivity index (χ1v) is 6.06. The lowest BCUT2D eigenvalue weighted by molar-refractivity contribution is -0.138. The van der Waals surface area contributed by atoms with Gasteiger partial charge < -0.3 is 15.9 Å². The fraction of sp³-hybridized carbons (Fsp3) is 0.286. The number of phenols is 1. The van der Waals surface area contributed by atoms with Gasteiger partial charge in [0.2, 0.25) is 0 Å². The highest BCUT2D eigenvalue weighted by molar-refractivity contribution is 5.82. The average molecular weight is 262 g/mol. The number of hydrogen-bond acceptors (Lipinski definition) is 4. The molecule has 102 valence electrons. The summed E-state index contributed by atoms with van der Waals surface area (Å²) in [6.07, 6.45) is 5.75. The Morgan fingerprint density at radius 2 is 2.16 bits per heavy atom. The van der Waals surface area contributed by atoms with E-state index >= 15 is 0 Å². The van der Waals surface area contributed by atoms with Gasteiger partial charge in [-0.1, -0.05) is 18.2 Å². The summed E-state index contributed by atoms with van der Waals surface area (Å²) in [5.41, 5.74) is 5.99. The van der Waals surface area contributed by atoms with E-state index in [4.69, 9.17) is 10.8 Å². The van der Waals surface area contributed by atoms with Gasteiger partial charge in [-0.25, -0.2) is 4.79 Å². The number of aliphatic imine (C=N–C) groups is 1. The summed E-state index contributed by atoms with van der Waals surface area (Å²) in [7, 11) is 0. The number of allylic oxidation sites excluding steroid dienone is 1. The molecule has 4 N–H and O–H groups in total. The summed E-state index contributed by atoms with van der Waals surface area (Å²) in [6, 6.07) is 6.10. The minimum Gasteiger partial charge on any atom is -0.507 e. The fourth-order valence-corrected chi connectivity index (χ4v) is 1.50. The van der Waals surface area contributed by atoms with E-state index in [9.17, 15) is 9.90 Å². The number of phenolic OH excluding ortho intramolecular Hbond substituents is 1. The van der Waals surface area contributed by atoms with Crippen LogP contribution in [0.4, 0.5) is 0 Å². The Labute approximate surface area is 112 Å². The van der Waals surface area contributed by atoms with Crippen molar-refractivity contribution in [1.29, 1.82) is 0 Å². The first-order valence-electron chi connectivity index (χ1n) is 6.06. The van der Waals surface area contributed by atoms with Crippen molar-refractivity contribution in [2.75, 3.05) is 6.54 Å². The third-order valence-electron chi connectivity index (χ3n) is 2.53. The Hall–Kier alpha value is -2.14. The smallest absolute Gasteiger partial charge is 0.328 e. The molecule has 0 radical (unpaired) electrons. The lowest BCUT2D eigenvalue weighted by atomic mass is 10.1. The van der Waals surface area contributed by atoms with Crippen LogP contribution in [0.25, 0.3) is 6.08 Å². The molecule has 1 aromatic rings. The van der Waals surface area contributed by atoms with E-state index < -0.39 is 12.0 Å². The number of para-hydroxylation sites is 1. The number of hydrogen-bond donors (Lipinski definition) is 3. The van der Waals surface area contributed by atoms with Crippen molar-refractivity contribution in [1.82, 2.24) is 0 Å². The maximum Gasteiger partial charge on any atom is 0.328 e. The molecular formula is C14H18N2O3. The van der Waals surface area contributed by atoms with Crippen LogP contribution in [0.15, 0.2) is 35.3 Å². The minimum atomic E-state index is -0.958. The number of carboxylic acids is 1. The molecule has 0 amide bonds. The zero-order valence-corrected chi connectivity index (χ0v) is 10.6. The van der Waals surface area contributed by atoms with E-state index in [0.29, 0.717) is 24.9 Å². The number of nitrogens with two attached hydrogens (primary N) is 1. The van der Waals surface area contributed by atoms with E-state index in [1.165, 1.54) is 6.21 Å². The van der Waals surface area contributed by atoms with Crippen LogP contribution in [0, 0.1) is 0 Å². The monoisotopic (exact) mass is 262 g/mol. The van der Waals surface area contributed by atoms with Crippen LogP contribution in [-0.4, -0.2) is 35.0 Å². The van der Waals surface area contributed by atoms with Gasteiger partial charge in [0, 0.05) is 11.8 Å². The molecule has 19 heavy (non-hydrogen) atoms. The first kappa shape index (κ1) is 14.9. The van der Waals surface area contributed by atoms with Crippen molar-refractivity contribution < 1.29 is 15.0 Å². The third kappa shape index (κ3) is 5.35. The fourth-order valence-electron chi connectivity index (χ4n) is 1.50. The van der Waals surface area contributed by atoms with Gasteiger partial charge >= 0.3 is 5.97 Å². The van der Waals surface area contributed by atoms with Crippen LogP contribution in [-0.2, 0) is 4.79 Å². The van der Waals surface area contributed by atoms with Gasteiger partial charge in [0.25, 0.3) is 0 Å². The second-order valence-corrected chi connectivity index (χ2v) is 4.00. The molecular weight excluding hydrogens is 244 g/mol. The van der Waals surface area contributed by atoms with Crippen LogP contribution >= 0.6 is 0 Å². The lowest BCUT2D eigenvalue weighted by Crippen LogP contribution is -2.19. The van der Waals surface area contributed by atoms with E-state index in [1.807, 2.05) is 0 Å². The quantitative estimate of drug-likeness (QED) is 0.651. The van der Waals surface area contributed by atoms with Crippen LogP contribution in [0.2, 0.25) is 0 Å². The molecule has 0 aliphatic heterocycles. The summed E-state index contributed by atoms with van der Waals surface area (Å²) in [5, 5.41) is 18.5. The van der Waals surface area contributed by atoms with Crippen LogP contribution in [0.1, 0.15) is 18.4 Å². The number of aliphatic carboxylic acids is 1. The average Bonchev–Trinajstić information content (AvgIpc) is 2.39. The molecule has 0 aromatic heterocycles. The molecule has 0 heterocycles. The zero-order valence-electron chi connectivity index (χ0n) is 10.6. The highest BCUT2D eigenvalue weighted by Gasteiger charge is 2.13. The number of benzene rings is 1. The van der Waals surface area contributed by atoms with Crippen LogP contribution in [0.5, 0.6) is 5.75 Å². The Balaban J connectivity index is 2.60. The largest absolute Gasteiger partial charge is 0.507 e. The summed E-state index contributed by atoms with van der Waals surface area (Å²) in [5.74, 6) is -0.786. The van der Waals surface area contributed by atoms with Gasteiger partial charge in [-0.05, 0) is 37.6 Å². The van der Waals surface area contributed by atoms with E-state index in [1.54, 1.807) is 36.4 Å². The molecule has 0 bridgehead atoms. The molecule has 0 aliphatic rings. The van der Waals surface area contributed by atoms with E-state index in [2.05, 4.69) is 4.99 Å². The second kappa shape index (κ2) is 8.05. The number of aromatic hydroxyl groups is 1. The molecule has 0 spiro atoms. The summed E-state index contributed by atoms with van der Waals surface area (Å²) >= 11 is 0. The number of rotatable bonds is 7. The molecule has 0 saturated carbocycles. The van der Waals surface area contributed by atoms with Gasteiger partial charge in [0.15, 0.2) is 0 Å². The highest BCUT2D eigenvalue weighted by atomic mass is 16.4. The molecule has 5 nitrogen and oxygen atoms in total. The topological polar surface area (TPSA) is 95.9 Å². The summed E-state index contributed by atoms with van der Waals surface area (Å²) in [4.78, 5) is 14.9. The van der Waals surface area contributed by atoms with Crippen LogP contribution in [0.3, 0.4) is 0 Å². The van der Waals surface area contributed by atoms with Crippen molar-refractivity contribution in [3.8, 4) is 5.75 Å². The molecule has 0 fully saturated rings. The Bertz CT molecular complexity index is 470. The maximum atomic E-state index is 10.9. The van der Waals surface area contributed by atoms with Crippen molar-refractivity contribution in [3.63, 3.8) is 0 Å². The zero-order chi connectivity index (χ0) is 14.1. The van der Waals surface area contributed by atoms with Crippen molar-refractivity contribution in [3.05, 3.63) is 35.9 Å². The Morgan fingerprint density at radius 3 is 2.79 bits per heavy atom. The third-order valence-corrected chi connectivity index (χ3v) is 2.53. The van der Waals surface area contributed by atoms with Crippen molar-refractivity contribution in [2.24, 2.45) is 10.7 Å². The maximum absolute atomic E-state index is 10.9. The first-order chi connectivity index (χ1) is 9.15. The van der Waals surface area contributed by atoms with Gasteiger partial charge in [-0.2, -0.15) is 0 Å². The van der Waals surface area contributed by atoms with Gasteiger partial charge in [-0.15, -0.1) is 0 Å². The number of carboxylic acid groups (broad SMARTS) is 1. The predicted octanol–water partition coefficient (Wildman–Crippen LogP) is 1.67. The van der Waals surface area contributed by atoms with Crippen molar-refractivity contribution >= 4 is 18.3 Å². The van der Waals surface area contributed by atoms with Gasteiger partial charge in [0.05, 0.1) is 0 Å². The normalized spacial score (nSPS) is 13.1.